The van der Waals surface area contributed by atoms with Gasteiger partial charge in [0.05, 0.1) is 13.7 Å². The van der Waals surface area contributed by atoms with Crippen LogP contribution in [0.25, 0.3) is 11.3 Å². The van der Waals surface area contributed by atoms with Gasteiger partial charge >= 0.3 is 0 Å². The molecule has 0 spiro atoms. The number of fused-ring (bicyclic) bond motifs is 1. The van der Waals surface area contributed by atoms with Gasteiger partial charge in [-0.25, -0.2) is 0 Å². The lowest BCUT2D eigenvalue weighted by Gasteiger charge is -2.15. The maximum absolute atomic E-state index is 12.3. The number of aromatic nitrogens is 1. The molecule has 2 aromatic carbocycles. The lowest BCUT2D eigenvalue weighted by atomic mass is 9.90. The Labute approximate surface area is 169 Å². The highest BCUT2D eigenvalue weighted by Gasteiger charge is 2.16. The Morgan fingerprint density at radius 3 is 2.69 bits per heavy atom. The first-order valence-electron chi connectivity index (χ1n) is 9.87. The summed E-state index contributed by atoms with van der Waals surface area (Å²) in [5.41, 5.74) is 3.99. The van der Waals surface area contributed by atoms with E-state index in [1.165, 1.54) is 24.0 Å². The molecular formula is C23H24N2O4. The molecule has 150 valence electrons. The number of nitrogens with one attached hydrogen (secondary N) is 1. The Kier molecular flexibility index (Phi) is 5.79. The van der Waals surface area contributed by atoms with E-state index in [-0.39, 0.29) is 11.6 Å². The quantitative estimate of drug-likeness (QED) is 0.615. The van der Waals surface area contributed by atoms with Crippen LogP contribution < -0.4 is 14.8 Å². The van der Waals surface area contributed by atoms with Crippen LogP contribution in [0.1, 0.15) is 34.5 Å². The van der Waals surface area contributed by atoms with Gasteiger partial charge in [-0.05, 0) is 55.0 Å². The highest BCUT2D eigenvalue weighted by molar-refractivity contribution is 5.93. The molecule has 6 nitrogen and oxygen atoms in total. The first-order chi connectivity index (χ1) is 14.2. The number of amides is 1. The number of carbonyl (C=O) groups is 1. The predicted octanol–water partition coefficient (Wildman–Crippen LogP) is 4.04. The van der Waals surface area contributed by atoms with Crippen LogP contribution >= 0.6 is 0 Å². The SMILES string of the molecule is COc1ccccc1OCCNC(=O)c1cc(-c2ccc3c(c2)CCCC3)on1. The average Bonchev–Trinajstić information content (AvgIpc) is 3.27. The number of hydrogen-bond donors (Lipinski definition) is 1. The van der Waals surface area contributed by atoms with Crippen LogP contribution in [0.15, 0.2) is 53.1 Å². The van der Waals surface area contributed by atoms with E-state index in [9.17, 15) is 4.79 Å². The molecule has 1 aliphatic rings. The van der Waals surface area contributed by atoms with Crippen molar-refractivity contribution in [3.05, 3.63) is 65.4 Å². The molecule has 3 aromatic rings. The van der Waals surface area contributed by atoms with E-state index >= 15 is 0 Å². The zero-order chi connectivity index (χ0) is 20.1. The van der Waals surface area contributed by atoms with Crippen molar-refractivity contribution in [1.82, 2.24) is 10.5 Å². The van der Waals surface area contributed by atoms with Crippen molar-refractivity contribution in [1.29, 1.82) is 0 Å². The van der Waals surface area contributed by atoms with Gasteiger partial charge in [0, 0.05) is 11.6 Å². The smallest absolute Gasteiger partial charge is 0.273 e. The summed E-state index contributed by atoms with van der Waals surface area (Å²) < 4.78 is 16.3. The zero-order valence-corrected chi connectivity index (χ0v) is 16.4. The third kappa shape index (κ3) is 4.42. The molecule has 0 bridgehead atoms. The van der Waals surface area contributed by atoms with Crippen molar-refractivity contribution >= 4 is 5.91 Å². The van der Waals surface area contributed by atoms with Gasteiger partial charge in [-0.1, -0.05) is 29.4 Å². The van der Waals surface area contributed by atoms with Crippen molar-refractivity contribution < 1.29 is 18.8 Å². The Balaban J connectivity index is 1.33. The number of nitrogens with zero attached hydrogens (tertiary/aromatic N) is 1. The van der Waals surface area contributed by atoms with E-state index in [4.69, 9.17) is 14.0 Å². The minimum Gasteiger partial charge on any atom is -0.493 e. The molecule has 29 heavy (non-hydrogen) atoms. The van der Waals surface area contributed by atoms with E-state index in [0.717, 1.165) is 18.4 Å². The number of benzene rings is 2. The molecule has 1 aliphatic carbocycles. The van der Waals surface area contributed by atoms with Gasteiger partial charge in [0.2, 0.25) is 0 Å². The van der Waals surface area contributed by atoms with Crippen LogP contribution in [0.2, 0.25) is 0 Å². The van der Waals surface area contributed by atoms with Crippen LogP contribution in [0.4, 0.5) is 0 Å². The molecule has 1 amide bonds. The normalized spacial score (nSPS) is 12.9. The molecule has 4 rings (SSSR count). The first kappa shape index (κ1) is 19.1. The number of para-hydroxylation sites is 2. The lowest BCUT2D eigenvalue weighted by Crippen LogP contribution is -2.28. The van der Waals surface area contributed by atoms with Gasteiger partial charge in [-0.15, -0.1) is 0 Å². The fourth-order valence-electron chi connectivity index (χ4n) is 3.56. The predicted molar refractivity (Wildman–Crippen MR) is 109 cm³/mol. The van der Waals surface area contributed by atoms with Gasteiger partial charge in [-0.3, -0.25) is 4.79 Å². The molecule has 0 aliphatic heterocycles. The molecule has 0 saturated heterocycles. The summed E-state index contributed by atoms with van der Waals surface area (Å²) in [7, 11) is 1.59. The average molecular weight is 392 g/mol. The van der Waals surface area contributed by atoms with Crippen molar-refractivity contribution in [2.75, 3.05) is 20.3 Å². The fraction of sp³-hybridized carbons (Fsp3) is 0.304. The molecule has 1 N–H and O–H groups in total. The van der Waals surface area contributed by atoms with E-state index in [1.54, 1.807) is 13.2 Å². The van der Waals surface area contributed by atoms with E-state index in [2.05, 4.69) is 22.6 Å². The van der Waals surface area contributed by atoms with Crippen molar-refractivity contribution in [2.24, 2.45) is 0 Å². The van der Waals surface area contributed by atoms with Gasteiger partial charge in [0.25, 0.3) is 5.91 Å². The Bertz CT molecular complexity index is 996. The summed E-state index contributed by atoms with van der Waals surface area (Å²) in [6, 6.07) is 15.4. The van der Waals surface area contributed by atoms with Crippen LogP contribution in [0.5, 0.6) is 11.5 Å². The van der Waals surface area contributed by atoms with E-state index < -0.39 is 0 Å². The summed E-state index contributed by atoms with van der Waals surface area (Å²) in [6.07, 6.45) is 4.70. The number of hydrogen-bond acceptors (Lipinski definition) is 5. The molecular weight excluding hydrogens is 368 g/mol. The van der Waals surface area contributed by atoms with Crippen LogP contribution in [0.3, 0.4) is 0 Å². The largest absolute Gasteiger partial charge is 0.493 e. The second kappa shape index (κ2) is 8.82. The van der Waals surface area contributed by atoms with E-state index in [0.29, 0.717) is 30.4 Å². The number of ether oxygens (including phenoxy) is 2. The third-order valence-electron chi connectivity index (χ3n) is 5.09. The summed E-state index contributed by atoms with van der Waals surface area (Å²) in [4.78, 5) is 12.3. The summed E-state index contributed by atoms with van der Waals surface area (Å²) in [5, 5.41) is 6.72. The molecule has 0 atom stereocenters. The van der Waals surface area contributed by atoms with Crippen molar-refractivity contribution in [3.8, 4) is 22.8 Å². The zero-order valence-electron chi connectivity index (χ0n) is 16.4. The first-order valence-corrected chi connectivity index (χ1v) is 9.87. The Morgan fingerprint density at radius 2 is 1.86 bits per heavy atom. The van der Waals surface area contributed by atoms with Crippen molar-refractivity contribution in [3.63, 3.8) is 0 Å². The van der Waals surface area contributed by atoms with E-state index in [1.807, 2.05) is 30.3 Å². The summed E-state index contributed by atoms with van der Waals surface area (Å²) >= 11 is 0. The van der Waals surface area contributed by atoms with Crippen LogP contribution in [-0.4, -0.2) is 31.3 Å². The van der Waals surface area contributed by atoms with Crippen molar-refractivity contribution in [2.45, 2.75) is 25.7 Å². The summed E-state index contributed by atoms with van der Waals surface area (Å²) in [5.74, 6) is 1.61. The van der Waals surface area contributed by atoms with Gasteiger partial charge in [0.15, 0.2) is 23.0 Å². The monoisotopic (exact) mass is 392 g/mol. The highest BCUT2D eigenvalue weighted by Crippen LogP contribution is 2.28. The Morgan fingerprint density at radius 1 is 1.07 bits per heavy atom. The lowest BCUT2D eigenvalue weighted by molar-refractivity contribution is 0.0938. The number of aryl methyl sites for hydroxylation is 2. The second-order valence-electron chi connectivity index (χ2n) is 7.02. The molecule has 0 saturated carbocycles. The minimum absolute atomic E-state index is 0.259. The standard InChI is InChI=1S/C23H24N2O4/c1-27-20-8-4-5-9-21(20)28-13-12-24-23(26)19-15-22(29-25-19)18-11-10-16-6-2-3-7-17(16)14-18/h4-5,8-11,14-15H,2-3,6-7,12-13H2,1H3,(H,24,26). The molecule has 0 unspecified atom stereocenters. The number of methoxy groups -OCH3 is 1. The number of rotatable bonds is 7. The van der Waals surface area contributed by atoms with Crippen LogP contribution in [-0.2, 0) is 12.8 Å². The molecule has 0 fully saturated rings. The maximum Gasteiger partial charge on any atom is 0.273 e. The molecule has 6 heteroatoms. The van der Waals surface area contributed by atoms with Crippen LogP contribution in [0, 0.1) is 0 Å². The number of carbonyl (C=O) groups excluding carboxylic acids is 1. The highest BCUT2D eigenvalue weighted by atomic mass is 16.5. The molecule has 0 radical (unpaired) electrons. The summed E-state index contributed by atoms with van der Waals surface area (Å²) in [6.45, 7) is 0.666. The topological polar surface area (TPSA) is 73.6 Å². The van der Waals surface area contributed by atoms with Gasteiger partial charge < -0.3 is 19.3 Å². The van der Waals surface area contributed by atoms with Gasteiger partial charge in [0.1, 0.15) is 6.61 Å². The maximum atomic E-state index is 12.3. The molecule has 1 heterocycles. The Hall–Kier alpha value is -3.28. The van der Waals surface area contributed by atoms with Gasteiger partial charge in [-0.2, -0.15) is 0 Å². The second-order valence-corrected chi connectivity index (χ2v) is 7.02. The third-order valence-corrected chi connectivity index (χ3v) is 5.09. The molecule has 1 aromatic heterocycles. The minimum atomic E-state index is -0.290. The fourth-order valence-corrected chi connectivity index (χ4v) is 3.56.